The van der Waals surface area contributed by atoms with Gasteiger partial charge in [0, 0.05) is 38.7 Å². The van der Waals surface area contributed by atoms with Crippen molar-refractivity contribution < 1.29 is 9.47 Å². The van der Waals surface area contributed by atoms with Crippen LogP contribution in [0.4, 0.5) is 0 Å². The van der Waals surface area contributed by atoms with Crippen LogP contribution >= 0.6 is 0 Å². The van der Waals surface area contributed by atoms with E-state index < -0.39 is 0 Å². The van der Waals surface area contributed by atoms with Crippen LogP contribution < -0.4 is 5.32 Å². The summed E-state index contributed by atoms with van der Waals surface area (Å²) >= 11 is 0. The molecule has 4 heteroatoms. The predicted octanol–water partition coefficient (Wildman–Crippen LogP) is 1.70. The molecule has 2 rings (SSSR count). The van der Waals surface area contributed by atoms with Crippen molar-refractivity contribution in [2.24, 2.45) is 7.05 Å². The van der Waals surface area contributed by atoms with Crippen LogP contribution in [0.3, 0.4) is 0 Å². The molecule has 2 heterocycles. The Kier molecular flexibility index (Phi) is 5.71. The van der Waals surface area contributed by atoms with Gasteiger partial charge >= 0.3 is 0 Å². The lowest BCUT2D eigenvalue weighted by Gasteiger charge is -2.10. The van der Waals surface area contributed by atoms with E-state index in [1.807, 2.05) is 0 Å². The van der Waals surface area contributed by atoms with E-state index in [4.69, 9.17) is 9.47 Å². The van der Waals surface area contributed by atoms with E-state index in [0.29, 0.717) is 6.10 Å². The summed E-state index contributed by atoms with van der Waals surface area (Å²) in [6.07, 6.45) is 5.82. The summed E-state index contributed by atoms with van der Waals surface area (Å²) in [6.45, 7) is 4.41. The molecule has 18 heavy (non-hydrogen) atoms. The fraction of sp³-hybridized carbons (Fsp3) is 0.714. The zero-order valence-electron chi connectivity index (χ0n) is 11.2. The van der Waals surface area contributed by atoms with Crippen molar-refractivity contribution in [1.29, 1.82) is 0 Å². The van der Waals surface area contributed by atoms with Gasteiger partial charge in [-0.1, -0.05) is 0 Å². The molecule has 0 aromatic carbocycles. The third-order valence-corrected chi connectivity index (χ3v) is 3.33. The Morgan fingerprint density at radius 2 is 2.50 bits per heavy atom. The summed E-state index contributed by atoms with van der Waals surface area (Å²) < 4.78 is 13.2. The number of aromatic nitrogens is 1. The molecule has 0 aliphatic carbocycles. The number of rotatable bonds is 8. The van der Waals surface area contributed by atoms with Crippen molar-refractivity contribution >= 4 is 0 Å². The van der Waals surface area contributed by atoms with Crippen LogP contribution in [0.5, 0.6) is 0 Å². The van der Waals surface area contributed by atoms with Crippen molar-refractivity contribution in [3.63, 3.8) is 0 Å². The van der Waals surface area contributed by atoms with Gasteiger partial charge in [-0.3, -0.25) is 0 Å². The maximum Gasteiger partial charge on any atom is 0.0809 e. The number of nitrogens with zero attached hydrogens (tertiary/aromatic N) is 1. The Morgan fingerprint density at radius 1 is 1.56 bits per heavy atom. The Bertz CT molecular complexity index is 332. The Hall–Kier alpha value is -0.840. The molecule has 102 valence electrons. The Morgan fingerprint density at radius 3 is 3.22 bits per heavy atom. The zero-order valence-corrected chi connectivity index (χ0v) is 11.2. The summed E-state index contributed by atoms with van der Waals surface area (Å²) in [6, 6.07) is 4.21. The highest BCUT2D eigenvalue weighted by molar-refractivity contribution is 5.05. The lowest BCUT2D eigenvalue weighted by molar-refractivity contribution is 0.0166. The second kappa shape index (κ2) is 7.56. The molecule has 0 radical (unpaired) electrons. The van der Waals surface area contributed by atoms with E-state index in [9.17, 15) is 0 Å². The van der Waals surface area contributed by atoms with Crippen LogP contribution in [0.25, 0.3) is 0 Å². The van der Waals surface area contributed by atoms with Gasteiger partial charge in [0.25, 0.3) is 0 Å². The minimum Gasteiger partial charge on any atom is -0.379 e. The SMILES string of the molecule is Cn1cccc1CNCCCOCC1CCCO1. The lowest BCUT2D eigenvalue weighted by atomic mass is 10.2. The summed E-state index contributed by atoms with van der Waals surface area (Å²) in [4.78, 5) is 0. The van der Waals surface area contributed by atoms with E-state index in [0.717, 1.165) is 45.8 Å². The molecular weight excluding hydrogens is 228 g/mol. The van der Waals surface area contributed by atoms with Crippen LogP contribution in [-0.4, -0.2) is 37.0 Å². The van der Waals surface area contributed by atoms with Crippen LogP contribution in [-0.2, 0) is 23.1 Å². The number of nitrogens with one attached hydrogen (secondary N) is 1. The maximum absolute atomic E-state index is 5.61. The molecule has 0 saturated carbocycles. The molecule has 1 saturated heterocycles. The highest BCUT2D eigenvalue weighted by Crippen LogP contribution is 2.11. The molecule has 1 aliphatic heterocycles. The van der Waals surface area contributed by atoms with E-state index in [2.05, 4.69) is 35.3 Å². The largest absolute Gasteiger partial charge is 0.379 e. The fourth-order valence-electron chi connectivity index (χ4n) is 2.19. The van der Waals surface area contributed by atoms with E-state index in [1.165, 1.54) is 12.1 Å². The summed E-state index contributed by atoms with van der Waals surface area (Å²) in [5, 5.41) is 3.42. The number of ether oxygens (including phenoxy) is 2. The highest BCUT2D eigenvalue weighted by atomic mass is 16.5. The predicted molar refractivity (Wildman–Crippen MR) is 71.5 cm³/mol. The third kappa shape index (κ3) is 4.44. The van der Waals surface area contributed by atoms with Gasteiger partial charge in [0.1, 0.15) is 0 Å². The molecule has 1 fully saturated rings. The Balaban J connectivity index is 1.43. The average Bonchev–Trinajstić information content (AvgIpc) is 3.00. The maximum atomic E-state index is 5.61. The molecule has 4 nitrogen and oxygen atoms in total. The van der Waals surface area contributed by atoms with Crippen molar-refractivity contribution in [3.05, 3.63) is 24.0 Å². The molecule has 0 spiro atoms. The van der Waals surface area contributed by atoms with Crippen molar-refractivity contribution in [3.8, 4) is 0 Å². The van der Waals surface area contributed by atoms with E-state index in [-0.39, 0.29) is 0 Å². The van der Waals surface area contributed by atoms with Crippen LogP contribution in [0.15, 0.2) is 18.3 Å². The van der Waals surface area contributed by atoms with Gasteiger partial charge in [-0.15, -0.1) is 0 Å². The molecule has 1 aromatic heterocycles. The molecule has 0 bridgehead atoms. The first-order valence-electron chi connectivity index (χ1n) is 6.86. The minimum absolute atomic E-state index is 0.348. The van der Waals surface area contributed by atoms with Crippen LogP contribution in [0.2, 0.25) is 0 Å². The number of hydrogen-bond donors (Lipinski definition) is 1. The van der Waals surface area contributed by atoms with Gasteiger partial charge in [-0.2, -0.15) is 0 Å². The second-order valence-corrected chi connectivity index (χ2v) is 4.85. The molecule has 1 N–H and O–H groups in total. The molecule has 0 amide bonds. The number of aryl methyl sites for hydroxylation is 1. The molecular formula is C14H24N2O2. The average molecular weight is 252 g/mol. The standard InChI is InChI=1S/C14H24N2O2/c1-16-8-2-5-13(16)11-15-7-4-9-17-12-14-6-3-10-18-14/h2,5,8,14-15H,3-4,6-7,9-12H2,1H3. The van der Waals surface area contributed by atoms with Crippen molar-refractivity contribution in [1.82, 2.24) is 9.88 Å². The van der Waals surface area contributed by atoms with Crippen molar-refractivity contribution in [2.45, 2.75) is 31.9 Å². The molecule has 1 aromatic rings. The first-order chi connectivity index (χ1) is 8.86. The van der Waals surface area contributed by atoms with Crippen molar-refractivity contribution in [2.75, 3.05) is 26.4 Å². The van der Waals surface area contributed by atoms with E-state index in [1.54, 1.807) is 0 Å². The third-order valence-electron chi connectivity index (χ3n) is 3.33. The smallest absolute Gasteiger partial charge is 0.0809 e. The van der Waals surface area contributed by atoms with Gasteiger partial charge in [-0.25, -0.2) is 0 Å². The first kappa shape index (κ1) is 13.6. The van der Waals surface area contributed by atoms with Gasteiger partial charge in [0.2, 0.25) is 0 Å². The summed E-state index contributed by atoms with van der Waals surface area (Å²) in [5.41, 5.74) is 1.32. The second-order valence-electron chi connectivity index (χ2n) is 4.85. The molecule has 1 unspecified atom stereocenters. The lowest BCUT2D eigenvalue weighted by Crippen LogP contribution is -2.19. The van der Waals surface area contributed by atoms with Gasteiger partial charge in [0.15, 0.2) is 0 Å². The van der Waals surface area contributed by atoms with Crippen LogP contribution in [0.1, 0.15) is 25.0 Å². The summed E-state index contributed by atoms with van der Waals surface area (Å²) in [5.74, 6) is 0. The van der Waals surface area contributed by atoms with Crippen LogP contribution in [0, 0.1) is 0 Å². The zero-order chi connectivity index (χ0) is 12.6. The molecule has 1 aliphatic rings. The van der Waals surface area contributed by atoms with Gasteiger partial charge in [-0.05, 0) is 37.9 Å². The van der Waals surface area contributed by atoms with Gasteiger partial charge in [0.05, 0.1) is 12.7 Å². The Labute approximate surface area is 109 Å². The highest BCUT2D eigenvalue weighted by Gasteiger charge is 2.14. The first-order valence-corrected chi connectivity index (χ1v) is 6.86. The molecule has 1 atom stereocenters. The number of hydrogen-bond acceptors (Lipinski definition) is 3. The quantitative estimate of drug-likeness (QED) is 0.715. The minimum atomic E-state index is 0.348. The normalized spacial score (nSPS) is 19.5. The topological polar surface area (TPSA) is 35.4 Å². The van der Waals surface area contributed by atoms with E-state index >= 15 is 0 Å². The van der Waals surface area contributed by atoms with Gasteiger partial charge < -0.3 is 19.4 Å². The summed E-state index contributed by atoms with van der Waals surface area (Å²) in [7, 11) is 2.07. The monoisotopic (exact) mass is 252 g/mol. The fourth-order valence-corrected chi connectivity index (χ4v) is 2.19.